The van der Waals surface area contributed by atoms with Gasteiger partial charge in [-0.25, -0.2) is 0 Å². The fraction of sp³-hybridized carbons (Fsp3) is 0.581. The zero-order chi connectivity index (χ0) is 29.6. The van der Waals surface area contributed by atoms with Crippen LogP contribution in [0.25, 0.3) is 0 Å². The van der Waals surface area contributed by atoms with Crippen molar-refractivity contribution in [1.29, 1.82) is 0 Å². The molecule has 2 bridgehead atoms. The number of hydrogen-bond donors (Lipinski definition) is 1. The molecule has 3 saturated heterocycles. The van der Waals surface area contributed by atoms with Crippen LogP contribution in [0, 0.1) is 23.7 Å². The van der Waals surface area contributed by atoms with Crippen molar-refractivity contribution < 1.29 is 29.0 Å². The van der Waals surface area contributed by atoms with Crippen molar-refractivity contribution in [1.82, 2.24) is 9.80 Å². The third-order valence-electron chi connectivity index (χ3n) is 9.31. The number of amides is 3. The SMILES string of the molecule is C=CCN(C)C(=O)[C@H]1[C@H]2C(=O)N([C@@H](CO)C(C)C)C(C(=O)N(CC=C)c3ccc(OC)cc3)C23CC(C)[C@]1(C)O3. The van der Waals surface area contributed by atoms with Gasteiger partial charge in [-0.15, -0.1) is 13.2 Å². The number of nitrogens with zero attached hydrogens (tertiary/aromatic N) is 3. The maximum Gasteiger partial charge on any atom is 0.253 e. The van der Waals surface area contributed by atoms with Crippen LogP contribution in [-0.4, -0.2) is 89.8 Å². The molecule has 1 N–H and O–H groups in total. The summed E-state index contributed by atoms with van der Waals surface area (Å²) >= 11 is 0. The number of hydrogen-bond acceptors (Lipinski definition) is 6. The second-order valence-electron chi connectivity index (χ2n) is 11.9. The van der Waals surface area contributed by atoms with Crippen LogP contribution >= 0.6 is 0 Å². The predicted octanol–water partition coefficient (Wildman–Crippen LogP) is 2.89. The molecule has 1 aromatic rings. The van der Waals surface area contributed by atoms with Gasteiger partial charge in [0.25, 0.3) is 5.91 Å². The Morgan fingerprint density at radius 2 is 1.82 bits per heavy atom. The number of fused-ring (bicyclic) bond motifs is 1. The molecule has 3 aliphatic rings. The van der Waals surface area contributed by atoms with E-state index in [0.717, 1.165) is 0 Å². The summed E-state index contributed by atoms with van der Waals surface area (Å²) in [4.78, 5) is 47.8. The number of benzene rings is 1. The Kier molecular flexibility index (Phi) is 8.20. The minimum atomic E-state index is -1.22. The predicted molar refractivity (Wildman–Crippen MR) is 153 cm³/mol. The monoisotopic (exact) mass is 553 g/mol. The lowest BCUT2D eigenvalue weighted by Gasteiger charge is -2.40. The average Bonchev–Trinajstić information content (AvgIpc) is 3.44. The molecule has 218 valence electrons. The summed E-state index contributed by atoms with van der Waals surface area (Å²) in [5.41, 5.74) is -1.52. The van der Waals surface area contributed by atoms with Gasteiger partial charge in [0.15, 0.2) is 0 Å². The van der Waals surface area contributed by atoms with Crippen molar-refractivity contribution in [2.45, 2.75) is 57.4 Å². The standard InChI is InChI=1S/C31H43N3O6/c1-9-15-32(7)27(36)24-25-28(37)34(23(18-35)19(3)4)26(31(25)17-20(5)30(24,6)40-31)29(38)33(16-10-2)21-11-13-22(39-8)14-12-21/h9-14,19-20,23-26,35H,1-2,15-18H2,3-8H3/t20?,23-,24+,25-,26?,30-,31?/m0/s1. The van der Waals surface area contributed by atoms with E-state index >= 15 is 0 Å². The van der Waals surface area contributed by atoms with Crippen LogP contribution < -0.4 is 9.64 Å². The second-order valence-corrected chi connectivity index (χ2v) is 11.9. The molecule has 3 amide bonds. The molecule has 3 aliphatic heterocycles. The highest BCUT2D eigenvalue weighted by Gasteiger charge is 2.80. The average molecular weight is 554 g/mol. The van der Waals surface area contributed by atoms with Gasteiger partial charge >= 0.3 is 0 Å². The molecule has 40 heavy (non-hydrogen) atoms. The first-order valence-corrected chi connectivity index (χ1v) is 14.0. The second kappa shape index (κ2) is 11.0. The molecule has 9 heteroatoms. The molecule has 0 radical (unpaired) electrons. The summed E-state index contributed by atoms with van der Waals surface area (Å²) < 4.78 is 12.1. The molecule has 0 saturated carbocycles. The normalized spacial score (nSPS) is 31.2. The van der Waals surface area contributed by atoms with E-state index < -0.39 is 35.1 Å². The Morgan fingerprint density at radius 1 is 1.20 bits per heavy atom. The lowest BCUT2D eigenvalue weighted by Crippen LogP contribution is -2.60. The Labute approximate surface area is 237 Å². The first kappa shape index (κ1) is 29.8. The van der Waals surface area contributed by atoms with Gasteiger partial charge in [0.2, 0.25) is 11.8 Å². The van der Waals surface area contributed by atoms with Gasteiger partial charge in [0.1, 0.15) is 17.4 Å². The number of aliphatic hydroxyl groups is 1. The number of ether oxygens (including phenoxy) is 2. The summed E-state index contributed by atoms with van der Waals surface area (Å²) in [5.74, 6) is -2.05. The molecular formula is C31H43N3O6. The molecule has 9 nitrogen and oxygen atoms in total. The van der Waals surface area contributed by atoms with E-state index in [1.807, 2.05) is 27.7 Å². The molecular weight excluding hydrogens is 510 g/mol. The number of anilines is 1. The number of likely N-dealkylation sites (tertiary alicyclic amines) is 1. The third kappa shape index (κ3) is 4.34. The van der Waals surface area contributed by atoms with E-state index in [9.17, 15) is 19.5 Å². The number of methoxy groups -OCH3 is 1. The van der Waals surface area contributed by atoms with Crippen LogP contribution in [0.5, 0.6) is 5.75 Å². The van der Waals surface area contributed by atoms with Gasteiger partial charge in [0.05, 0.1) is 37.2 Å². The Morgan fingerprint density at radius 3 is 2.35 bits per heavy atom. The molecule has 4 rings (SSSR count). The molecule has 0 aromatic heterocycles. The summed E-state index contributed by atoms with van der Waals surface area (Å²) in [6.07, 6.45) is 3.73. The zero-order valence-electron chi connectivity index (χ0n) is 24.5. The van der Waals surface area contributed by atoms with Gasteiger partial charge in [0, 0.05) is 25.8 Å². The maximum atomic E-state index is 14.7. The highest BCUT2D eigenvalue weighted by Crippen LogP contribution is 2.66. The molecule has 0 aliphatic carbocycles. The van der Waals surface area contributed by atoms with Crippen LogP contribution in [0.2, 0.25) is 0 Å². The molecule has 1 spiro atoms. The van der Waals surface area contributed by atoms with Crippen molar-refractivity contribution >= 4 is 23.4 Å². The largest absolute Gasteiger partial charge is 0.497 e. The van der Waals surface area contributed by atoms with Crippen LogP contribution in [0.1, 0.15) is 34.1 Å². The van der Waals surface area contributed by atoms with E-state index in [2.05, 4.69) is 13.2 Å². The first-order chi connectivity index (χ1) is 18.9. The van der Waals surface area contributed by atoms with Gasteiger partial charge < -0.3 is 29.3 Å². The topological polar surface area (TPSA) is 99.6 Å². The van der Waals surface area contributed by atoms with Crippen molar-refractivity contribution in [3.05, 3.63) is 49.6 Å². The van der Waals surface area contributed by atoms with E-state index in [4.69, 9.17) is 9.47 Å². The molecule has 3 unspecified atom stereocenters. The lowest BCUT2D eigenvalue weighted by molar-refractivity contribution is -0.154. The quantitative estimate of drug-likeness (QED) is 0.423. The van der Waals surface area contributed by atoms with E-state index in [1.165, 1.54) is 4.90 Å². The number of likely N-dealkylation sites (N-methyl/N-ethyl adjacent to an activating group) is 1. The molecule has 3 fully saturated rings. The van der Waals surface area contributed by atoms with E-state index in [0.29, 0.717) is 24.4 Å². The first-order valence-electron chi connectivity index (χ1n) is 14.0. The van der Waals surface area contributed by atoms with Crippen LogP contribution in [0.3, 0.4) is 0 Å². The zero-order valence-corrected chi connectivity index (χ0v) is 24.5. The summed E-state index contributed by atoms with van der Waals surface area (Å²) in [6, 6.07) is 5.46. The number of carbonyl (C=O) groups is 3. The van der Waals surface area contributed by atoms with Crippen molar-refractivity contribution in [2.75, 3.05) is 38.8 Å². The van der Waals surface area contributed by atoms with Crippen LogP contribution in [0.4, 0.5) is 5.69 Å². The van der Waals surface area contributed by atoms with Crippen molar-refractivity contribution in [3.8, 4) is 5.75 Å². The summed E-state index contributed by atoms with van der Waals surface area (Å²) in [6.45, 7) is 15.6. The van der Waals surface area contributed by atoms with Crippen molar-refractivity contribution in [3.63, 3.8) is 0 Å². The van der Waals surface area contributed by atoms with Gasteiger partial charge in [-0.3, -0.25) is 14.4 Å². The fourth-order valence-corrected chi connectivity index (χ4v) is 7.19. The lowest BCUT2D eigenvalue weighted by atomic mass is 9.62. The summed E-state index contributed by atoms with van der Waals surface area (Å²) in [7, 11) is 3.26. The maximum absolute atomic E-state index is 14.7. The van der Waals surface area contributed by atoms with Gasteiger partial charge in [-0.05, 0) is 49.4 Å². The van der Waals surface area contributed by atoms with E-state index in [1.54, 1.807) is 60.4 Å². The Hall–Kier alpha value is -3.17. The number of aliphatic hydroxyl groups excluding tert-OH is 1. The smallest absolute Gasteiger partial charge is 0.253 e. The van der Waals surface area contributed by atoms with Crippen LogP contribution in [-0.2, 0) is 19.1 Å². The minimum Gasteiger partial charge on any atom is -0.497 e. The minimum absolute atomic E-state index is 0.0849. The highest BCUT2D eigenvalue weighted by atomic mass is 16.5. The number of rotatable bonds is 11. The molecule has 1 aromatic carbocycles. The van der Waals surface area contributed by atoms with Gasteiger partial charge in [-0.2, -0.15) is 0 Å². The third-order valence-corrected chi connectivity index (χ3v) is 9.31. The fourth-order valence-electron chi connectivity index (χ4n) is 7.19. The van der Waals surface area contributed by atoms with E-state index in [-0.39, 0.29) is 42.7 Å². The molecule has 7 atom stereocenters. The molecule has 3 heterocycles. The Balaban J connectivity index is 1.88. The summed E-state index contributed by atoms with van der Waals surface area (Å²) in [5, 5.41) is 10.5. The van der Waals surface area contributed by atoms with Crippen LogP contribution in [0.15, 0.2) is 49.6 Å². The highest BCUT2D eigenvalue weighted by molar-refractivity contribution is 6.05. The Bertz CT molecular complexity index is 1170. The van der Waals surface area contributed by atoms with Crippen molar-refractivity contribution in [2.24, 2.45) is 23.7 Å². The number of carbonyl (C=O) groups excluding carboxylic acids is 3. The van der Waals surface area contributed by atoms with Gasteiger partial charge in [-0.1, -0.05) is 32.9 Å².